The van der Waals surface area contributed by atoms with Crippen LogP contribution in [0, 0.1) is 0 Å². The Labute approximate surface area is 29.3 Å². The highest BCUT2D eigenvalue weighted by molar-refractivity contribution is 7.33. The second-order valence-electron chi connectivity index (χ2n) is 0.358. The first-order chi connectivity index (χ1) is 2.27. The fourth-order valence-corrected chi connectivity index (χ4v) is 0. The van der Waals surface area contributed by atoms with Crippen LogP contribution in [0.5, 0.6) is 0 Å². The standard InChI is InChI=1S/H2NO3P/c2-1-5(3)4/h(H2-,1,2,3,4)/p+1. The average Bonchev–Trinajstić information content (AvgIpc) is 1.38. The van der Waals surface area contributed by atoms with E-state index in [1.54, 1.807) is 0 Å². The molecular weight excluding hydrogens is 93.0 g/mol. The summed E-state index contributed by atoms with van der Waals surface area (Å²) in [6.45, 7) is 0. The predicted octanol–water partition coefficient (Wildman–Crippen LogP) is -0.144. The van der Waals surface area contributed by atoms with Gasteiger partial charge in [-0.3, -0.25) is 0 Å². The van der Waals surface area contributed by atoms with Gasteiger partial charge in [-0.25, -0.2) is 5.21 Å². The fourth-order valence-electron chi connectivity index (χ4n) is 0. The summed E-state index contributed by atoms with van der Waals surface area (Å²) >= 11 is 0. The van der Waals surface area contributed by atoms with Crippen molar-refractivity contribution in [2.45, 2.75) is 0 Å². The van der Waals surface area contributed by atoms with Gasteiger partial charge in [0.15, 0.2) is 0 Å². The summed E-state index contributed by atoms with van der Waals surface area (Å²) in [4.78, 5) is 17.2. The molecule has 0 aliphatic carbocycles. The molecule has 0 spiro atoms. The van der Waals surface area contributed by atoms with Crippen LogP contribution in [-0.2, 0) is 0 Å². The van der Waals surface area contributed by atoms with Crippen molar-refractivity contribution in [2.75, 3.05) is 0 Å². The van der Waals surface area contributed by atoms with Gasteiger partial charge in [0.05, 0.1) is 0 Å². The van der Waals surface area contributed by atoms with Gasteiger partial charge in [0.25, 0.3) is 0 Å². The molecule has 0 saturated carbocycles. The molecule has 0 fully saturated rings. The molecule has 0 amide bonds. The molecule has 0 radical (unpaired) electrons. The Bertz CT molecular complexity index is 44.9. The highest BCUT2D eigenvalue weighted by Gasteiger charge is 1.93. The van der Waals surface area contributed by atoms with E-state index in [1.165, 1.54) is 0 Å². The first kappa shape index (κ1) is 4.98. The van der Waals surface area contributed by atoms with Crippen molar-refractivity contribution in [1.29, 1.82) is 0 Å². The van der Waals surface area contributed by atoms with Gasteiger partial charge in [0.2, 0.25) is 0 Å². The maximum atomic E-state index is 7.56. The van der Waals surface area contributed by atoms with Crippen molar-refractivity contribution in [3.05, 3.63) is 0 Å². The highest BCUT2D eigenvalue weighted by atomic mass is 31.1. The molecule has 0 bridgehead atoms. The minimum atomic E-state index is -2.42. The van der Waals surface area contributed by atoms with E-state index in [1.807, 2.05) is 0 Å². The van der Waals surface area contributed by atoms with Crippen molar-refractivity contribution >= 4 is 8.17 Å². The number of nitrogens with zero attached hydrogens (tertiary/aromatic N) is 1. The van der Waals surface area contributed by atoms with Crippen LogP contribution < -0.4 is 0 Å². The lowest BCUT2D eigenvalue weighted by Gasteiger charge is -1.50. The molecule has 0 heterocycles. The first-order valence-electron chi connectivity index (χ1n) is 0.800. The normalized spacial score (nSPS) is 7.00. The quantitative estimate of drug-likeness (QED) is 0.290. The molecule has 0 rings (SSSR count). The Hall–Kier alpha value is -0.0200. The summed E-state index contributed by atoms with van der Waals surface area (Å²) in [5.74, 6) is 0. The summed E-state index contributed by atoms with van der Waals surface area (Å²) in [7, 11) is -2.42. The molecule has 30 valence electrons. The Morgan fingerprint density at radius 2 is 1.60 bits per heavy atom. The molecule has 3 N–H and O–H groups in total. The summed E-state index contributed by atoms with van der Waals surface area (Å²) in [5, 5.41) is 7.30. The Balaban J connectivity index is 3.14. The average molecular weight is 96.0 g/mol. The van der Waals surface area contributed by atoms with Gasteiger partial charge in [0.1, 0.15) is 4.91 Å². The lowest BCUT2D eigenvalue weighted by Crippen LogP contribution is -1.46. The van der Waals surface area contributed by atoms with Gasteiger partial charge in [-0.15, -0.1) is 9.79 Å². The molecule has 5 heteroatoms. The van der Waals surface area contributed by atoms with Crippen molar-refractivity contribution < 1.29 is 15.0 Å². The van der Waals surface area contributed by atoms with Gasteiger partial charge < -0.3 is 0 Å². The smallest absolute Gasteiger partial charge is 0.227 e. The first-order valence-corrected chi connectivity index (χ1v) is 2.00. The SMILES string of the molecule is ON=[P+](O)O. The number of hydrogen-bond acceptors (Lipinski definition) is 1. The van der Waals surface area contributed by atoms with E-state index in [4.69, 9.17) is 15.0 Å². The van der Waals surface area contributed by atoms with E-state index < -0.39 is 8.17 Å². The topological polar surface area (TPSA) is 73.1 Å². The zero-order valence-electron chi connectivity index (χ0n) is 2.24. The van der Waals surface area contributed by atoms with Crippen LogP contribution in [0.3, 0.4) is 0 Å². The molecular formula is H3NO3P+. The second kappa shape index (κ2) is 2.23. The van der Waals surface area contributed by atoms with Crippen LogP contribution in [0.1, 0.15) is 0 Å². The third-order valence-electron chi connectivity index (χ3n) is 0.0800. The van der Waals surface area contributed by atoms with Crippen LogP contribution >= 0.6 is 8.17 Å². The van der Waals surface area contributed by atoms with E-state index >= 15 is 0 Å². The summed E-state index contributed by atoms with van der Waals surface area (Å²) in [5.41, 5.74) is 0. The Morgan fingerprint density at radius 3 is 1.60 bits per heavy atom. The zero-order valence-corrected chi connectivity index (χ0v) is 3.13. The van der Waals surface area contributed by atoms with Crippen LogP contribution in [0.25, 0.3) is 0 Å². The third kappa shape index (κ3) is 3.98. The van der Waals surface area contributed by atoms with E-state index in [2.05, 4.69) is 4.91 Å². The molecule has 4 nitrogen and oxygen atoms in total. The lowest BCUT2D eigenvalue weighted by atomic mass is 13.6. The minimum Gasteiger partial charge on any atom is -0.227 e. The molecule has 0 unspecified atom stereocenters. The van der Waals surface area contributed by atoms with Crippen molar-refractivity contribution in [3.8, 4) is 0 Å². The summed E-state index contributed by atoms with van der Waals surface area (Å²) in [6.07, 6.45) is 0. The largest absolute Gasteiger partial charge is 0.584 e. The van der Waals surface area contributed by atoms with Crippen molar-refractivity contribution in [1.82, 2.24) is 0 Å². The maximum Gasteiger partial charge on any atom is 0.584 e. The molecule has 0 aromatic carbocycles. The minimum absolute atomic E-state index is 2.06. The summed E-state index contributed by atoms with van der Waals surface area (Å²) in [6, 6.07) is 0. The molecule has 0 saturated heterocycles. The maximum absolute atomic E-state index is 7.56. The lowest BCUT2D eigenvalue weighted by molar-refractivity contribution is 0.308. The molecule has 0 aliphatic rings. The van der Waals surface area contributed by atoms with Crippen molar-refractivity contribution in [2.24, 2.45) is 4.91 Å². The third-order valence-corrected chi connectivity index (χ3v) is 0.240. The van der Waals surface area contributed by atoms with Crippen LogP contribution in [0.4, 0.5) is 0 Å². The summed E-state index contributed by atoms with van der Waals surface area (Å²) < 4.78 is 0. The molecule has 0 aromatic heterocycles. The second-order valence-corrected chi connectivity index (χ2v) is 1.07. The van der Waals surface area contributed by atoms with Crippen LogP contribution in [0.15, 0.2) is 4.91 Å². The highest BCUT2D eigenvalue weighted by Crippen LogP contribution is 2.06. The van der Waals surface area contributed by atoms with Gasteiger partial charge in [0, 0.05) is 0 Å². The monoisotopic (exact) mass is 96.0 g/mol. The van der Waals surface area contributed by atoms with Crippen LogP contribution in [-0.4, -0.2) is 15.0 Å². The number of rotatable bonds is 0. The molecule has 0 atom stereocenters. The van der Waals surface area contributed by atoms with E-state index in [0.29, 0.717) is 0 Å². The Morgan fingerprint density at radius 1 is 1.40 bits per heavy atom. The molecule has 5 heavy (non-hydrogen) atoms. The van der Waals surface area contributed by atoms with Gasteiger partial charge in [-0.2, -0.15) is 0 Å². The predicted molar refractivity (Wildman–Crippen MR) is 15.6 cm³/mol. The number of hydrogen-bond donors (Lipinski definition) is 3. The molecule has 0 aliphatic heterocycles. The Kier molecular flexibility index (Phi) is 2.22. The van der Waals surface area contributed by atoms with E-state index in [0.717, 1.165) is 0 Å². The van der Waals surface area contributed by atoms with Crippen LogP contribution in [0.2, 0.25) is 0 Å². The van der Waals surface area contributed by atoms with Gasteiger partial charge in [-0.05, 0) is 0 Å². The van der Waals surface area contributed by atoms with Gasteiger partial charge in [-0.1, -0.05) is 0 Å². The molecule has 0 aromatic rings. The fraction of sp³-hybridized carbons (Fsp3) is 0. The van der Waals surface area contributed by atoms with E-state index in [9.17, 15) is 0 Å². The van der Waals surface area contributed by atoms with Gasteiger partial charge >= 0.3 is 8.17 Å². The zero-order chi connectivity index (χ0) is 4.28. The van der Waals surface area contributed by atoms with E-state index in [-0.39, 0.29) is 0 Å². The van der Waals surface area contributed by atoms with Crippen molar-refractivity contribution in [3.63, 3.8) is 0 Å².